The van der Waals surface area contributed by atoms with Crippen LogP contribution in [-0.2, 0) is 0 Å². The van der Waals surface area contributed by atoms with Gasteiger partial charge in [-0.1, -0.05) is 20.8 Å². The molecule has 0 heterocycles. The van der Waals surface area contributed by atoms with Gasteiger partial charge in [0.15, 0.2) is 0 Å². The lowest BCUT2D eigenvalue weighted by Gasteiger charge is -2.37. The molecule has 1 saturated carbocycles. The van der Waals surface area contributed by atoms with E-state index in [0.29, 0.717) is 13.0 Å². The monoisotopic (exact) mass is 252 g/mol. The zero-order valence-corrected chi connectivity index (χ0v) is 10.8. The Morgan fingerprint density at radius 2 is 1.82 bits per heavy atom. The Morgan fingerprint density at radius 3 is 2.12 bits per heavy atom. The van der Waals surface area contributed by atoms with Gasteiger partial charge in [-0.3, -0.25) is 4.90 Å². The third-order valence-corrected chi connectivity index (χ3v) is 3.16. The molecule has 2 unspecified atom stereocenters. The van der Waals surface area contributed by atoms with Gasteiger partial charge in [0.05, 0.1) is 0 Å². The standard InChI is InChI=1S/C12H23F3N2/c1-4-10(16)11(12(13,14)15)17(7-8(2)3)9-5-6-9/h8-11H,4-7,16H2,1-3H3. The van der Waals surface area contributed by atoms with E-state index in [4.69, 9.17) is 5.73 Å². The van der Waals surface area contributed by atoms with Gasteiger partial charge in [0, 0.05) is 18.6 Å². The Morgan fingerprint density at radius 1 is 1.29 bits per heavy atom. The predicted molar refractivity (Wildman–Crippen MR) is 62.7 cm³/mol. The number of rotatable bonds is 6. The summed E-state index contributed by atoms with van der Waals surface area (Å²) in [7, 11) is 0. The molecule has 0 aliphatic heterocycles. The molecular weight excluding hydrogens is 229 g/mol. The van der Waals surface area contributed by atoms with Gasteiger partial charge in [-0.05, 0) is 25.2 Å². The normalized spacial score (nSPS) is 21.0. The second-order valence-corrected chi connectivity index (χ2v) is 5.38. The van der Waals surface area contributed by atoms with Gasteiger partial charge in [0.1, 0.15) is 6.04 Å². The summed E-state index contributed by atoms with van der Waals surface area (Å²) >= 11 is 0. The molecule has 0 aromatic carbocycles. The molecule has 102 valence electrons. The first-order valence-electron chi connectivity index (χ1n) is 6.35. The van der Waals surface area contributed by atoms with E-state index in [2.05, 4.69) is 0 Å². The van der Waals surface area contributed by atoms with Crippen LogP contribution in [0.15, 0.2) is 0 Å². The minimum Gasteiger partial charge on any atom is -0.326 e. The van der Waals surface area contributed by atoms with Crippen molar-refractivity contribution in [2.45, 2.75) is 64.3 Å². The van der Waals surface area contributed by atoms with Gasteiger partial charge >= 0.3 is 6.18 Å². The topological polar surface area (TPSA) is 29.3 Å². The van der Waals surface area contributed by atoms with E-state index < -0.39 is 18.3 Å². The molecule has 1 rings (SSSR count). The fourth-order valence-electron chi connectivity index (χ4n) is 2.22. The number of hydrogen-bond donors (Lipinski definition) is 1. The van der Waals surface area contributed by atoms with Crippen LogP contribution in [0.25, 0.3) is 0 Å². The van der Waals surface area contributed by atoms with E-state index in [0.717, 1.165) is 12.8 Å². The van der Waals surface area contributed by atoms with Crippen molar-refractivity contribution >= 4 is 0 Å². The Hall–Kier alpha value is -0.290. The van der Waals surface area contributed by atoms with Crippen LogP contribution in [0, 0.1) is 5.92 Å². The summed E-state index contributed by atoms with van der Waals surface area (Å²) in [6.07, 6.45) is -2.14. The highest BCUT2D eigenvalue weighted by molar-refractivity contribution is 4.96. The molecule has 2 nitrogen and oxygen atoms in total. The quantitative estimate of drug-likeness (QED) is 0.787. The van der Waals surface area contributed by atoms with Gasteiger partial charge in [-0.2, -0.15) is 13.2 Å². The average Bonchev–Trinajstić information content (AvgIpc) is 2.96. The summed E-state index contributed by atoms with van der Waals surface area (Å²) in [5, 5.41) is 0. The minimum atomic E-state index is -4.23. The highest BCUT2D eigenvalue weighted by Gasteiger charge is 2.50. The Balaban J connectivity index is 2.84. The third-order valence-electron chi connectivity index (χ3n) is 3.16. The number of alkyl halides is 3. The summed E-state index contributed by atoms with van der Waals surface area (Å²) in [5.74, 6) is 0.226. The molecule has 1 fully saturated rings. The van der Waals surface area contributed by atoms with Crippen molar-refractivity contribution in [1.29, 1.82) is 0 Å². The maximum absolute atomic E-state index is 13.1. The first-order valence-corrected chi connectivity index (χ1v) is 6.35. The lowest BCUT2D eigenvalue weighted by molar-refractivity contribution is -0.192. The van der Waals surface area contributed by atoms with Crippen LogP contribution in [-0.4, -0.2) is 35.7 Å². The van der Waals surface area contributed by atoms with Gasteiger partial charge in [0.25, 0.3) is 0 Å². The smallest absolute Gasteiger partial charge is 0.326 e. The fraction of sp³-hybridized carbons (Fsp3) is 1.00. The van der Waals surface area contributed by atoms with Crippen molar-refractivity contribution in [2.24, 2.45) is 11.7 Å². The van der Waals surface area contributed by atoms with E-state index in [-0.39, 0.29) is 12.0 Å². The van der Waals surface area contributed by atoms with Crippen LogP contribution in [0.2, 0.25) is 0 Å². The fourth-order valence-corrected chi connectivity index (χ4v) is 2.22. The average molecular weight is 252 g/mol. The molecular formula is C12H23F3N2. The number of nitrogens with zero attached hydrogens (tertiary/aromatic N) is 1. The summed E-state index contributed by atoms with van der Waals surface area (Å²) in [4.78, 5) is 1.58. The van der Waals surface area contributed by atoms with E-state index in [1.54, 1.807) is 11.8 Å². The number of halogens is 3. The van der Waals surface area contributed by atoms with Crippen molar-refractivity contribution in [1.82, 2.24) is 4.90 Å². The van der Waals surface area contributed by atoms with Crippen molar-refractivity contribution in [3.05, 3.63) is 0 Å². The molecule has 1 aliphatic carbocycles. The predicted octanol–water partition coefficient (Wildman–Crippen LogP) is 2.78. The molecule has 2 N–H and O–H groups in total. The van der Waals surface area contributed by atoms with Crippen LogP contribution in [0.4, 0.5) is 13.2 Å². The molecule has 5 heteroatoms. The van der Waals surface area contributed by atoms with Crippen molar-refractivity contribution < 1.29 is 13.2 Å². The molecule has 17 heavy (non-hydrogen) atoms. The molecule has 1 aliphatic rings. The molecule has 0 amide bonds. The highest BCUT2D eigenvalue weighted by Crippen LogP contribution is 2.36. The number of hydrogen-bond acceptors (Lipinski definition) is 2. The van der Waals surface area contributed by atoms with Gasteiger partial charge in [-0.25, -0.2) is 0 Å². The second-order valence-electron chi connectivity index (χ2n) is 5.38. The van der Waals surface area contributed by atoms with Crippen molar-refractivity contribution in [2.75, 3.05) is 6.54 Å². The van der Waals surface area contributed by atoms with Crippen LogP contribution in [0.3, 0.4) is 0 Å². The van der Waals surface area contributed by atoms with Crippen LogP contribution < -0.4 is 5.73 Å². The molecule has 0 radical (unpaired) electrons. The molecule has 0 aromatic heterocycles. The molecule has 0 aromatic rings. The summed E-state index contributed by atoms with van der Waals surface area (Å²) < 4.78 is 39.4. The molecule has 0 saturated heterocycles. The van der Waals surface area contributed by atoms with E-state index in [1.807, 2.05) is 13.8 Å². The maximum atomic E-state index is 13.1. The van der Waals surface area contributed by atoms with E-state index in [9.17, 15) is 13.2 Å². The van der Waals surface area contributed by atoms with Crippen LogP contribution >= 0.6 is 0 Å². The molecule has 2 atom stereocenters. The van der Waals surface area contributed by atoms with E-state index in [1.165, 1.54) is 0 Å². The third kappa shape index (κ3) is 4.14. The first kappa shape index (κ1) is 14.8. The summed E-state index contributed by atoms with van der Waals surface area (Å²) in [6.45, 7) is 6.08. The minimum absolute atomic E-state index is 0.0848. The SMILES string of the molecule is CCC(N)C(N(CC(C)C)C1CC1)C(F)(F)F. The maximum Gasteiger partial charge on any atom is 0.405 e. The molecule has 0 spiro atoms. The van der Waals surface area contributed by atoms with Crippen LogP contribution in [0.1, 0.15) is 40.0 Å². The zero-order valence-electron chi connectivity index (χ0n) is 10.8. The lowest BCUT2D eigenvalue weighted by atomic mass is 10.0. The van der Waals surface area contributed by atoms with Crippen LogP contribution in [0.5, 0.6) is 0 Å². The van der Waals surface area contributed by atoms with E-state index >= 15 is 0 Å². The Labute approximate surface area is 101 Å². The van der Waals surface area contributed by atoms with Crippen molar-refractivity contribution in [3.63, 3.8) is 0 Å². The number of nitrogens with two attached hydrogens (primary N) is 1. The first-order chi connectivity index (χ1) is 7.77. The zero-order chi connectivity index (χ0) is 13.2. The van der Waals surface area contributed by atoms with Gasteiger partial charge in [0.2, 0.25) is 0 Å². The summed E-state index contributed by atoms with van der Waals surface area (Å²) in [6, 6.07) is -2.22. The largest absolute Gasteiger partial charge is 0.405 e. The lowest BCUT2D eigenvalue weighted by Crippen LogP contribution is -2.57. The highest BCUT2D eigenvalue weighted by atomic mass is 19.4. The summed E-state index contributed by atoms with van der Waals surface area (Å²) in [5.41, 5.74) is 5.68. The Bertz CT molecular complexity index is 236. The van der Waals surface area contributed by atoms with Crippen molar-refractivity contribution in [3.8, 4) is 0 Å². The van der Waals surface area contributed by atoms with Gasteiger partial charge in [-0.15, -0.1) is 0 Å². The van der Waals surface area contributed by atoms with Gasteiger partial charge < -0.3 is 5.73 Å². The second kappa shape index (κ2) is 5.57. The molecule has 0 bridgehead atoms. The Kier molecular flexibility index (Phi) is 4.84.